The summed E-state index contributed by atoms with van der Waals surface area (Å²) in [5, 5.41) is 5.44. The number of imidazole rings is 1. The summed E-state index contributed by atoms with van der Waals surface area (Å²) >= 11 is 1.70. The fourth-order valence-corrected chi connectivity index (χ4v) is 3.42. The summed E-state index contributed by atoms with van der Waals surface area (Å²) in [4.78, 5) is 17.5. The topological polar surface area (TPSA) is 66.5 Å². The van der Waals surface area contributed by atoms with Crippen molar-refractivity contribution in [3.8, 4) is 21.8 Å². The van der Waals surface area contributed by atoms with Gasteiger partial charge in [-0.05, 0) is 11.4 Å². The number of H-pyrrole nitrogens is 1. The van der Waals surface area contributed by atoms with Gasteiger partial charge >= 0.3 is 0 Å². The predicted molar refractivity (Wildman–Crippen MR) is 102 cm³/mol. The number of hydrogen-bond acceptors (Lipinski definition) is 5. The first kappa shape index (κ1) is 15.5. The van der Waals surface area contributed by atoms with Crippen LogP contribution in [0.2, 0.25) is 0 Å². The minimum absolute atomic E-state index is 0.770. The Morgan fingerprint density at radius 1 is 1.00 bits per heavy atom. The molecule has 2 N–H and O–H groups in total. The van der Waals surface area contributed by atoms with E-state index in [1.165, 1.54) is 4.88 Å². The summed E-state index contributed by atoms with van der Waals surface area (Å²) in [6.07, 6.45) is 4.19. The van der Waals surface area contributed by atoms with Gasteiger partial charge in [-0.15, -0.1) is 11.3 Å². The minimum Gasteiger partial charge on any atom is -0.370 e. The maximum absolute atomic E-state index is 4.44. The zero-order valence-electron chi connectivity index (χ0n) is 13.5. The van der Waals surface area contributed by atoms with Crippen molar-refractivity contribution >= 4 is 17.2 Å². The molecule has 0 saturated carbocycles. The van der Waals surface area contributed by atoms with Crippen molar-refractivity contribution in [1.82, 2.24) is 19.9 Å². The molecule has 124 valence electrons. The van der Waals surface area contributed by atoms with E-state index in [1.807, 2.05) is 42.5 Å². The van der Waals surface area contributed by atoms with Crippen LogP contribution >= 0.6 is 11.3 Å². The molecule has 4 aromatic rings. The average molecular weight is 347 g/mol. The third kappa shape index (κ3) is 3.59. The Morgan fingerprint density at radius 2 is 1.92 bits per heavy atom. The molecule has 0 aliphatic rings. The number of nitrogens with zero attached hydrogens (tertiary/aromatic N) is 3. The Labute approximate surface area is 149 Å². The van der Waals surface area contributed by atoms with Crippen molar-refractivity contribution in [2.75, 3.05) is 11.9 Å². The Morgan fingerprint density at radius 3 is 2.76 bits per heavy atom. The van der Waals surface area contributed by atoms with Crippen LogP contribution in [0.25, 0.3) is 21.8 Å². The maximum atomic E-state index is 4.44. The van der Waals surface area contributed by atoms with Crippen molar-refractivity contribution in [3.05, 3.63) is 72.3 Å². The van der Waals surface area contributed by atoms with Crippen LogP contribution in [-0.2, 0) is 6.42 Å². The van der Waals surface area contributed by atoms with Gasteiger partial charge in [0, 0.05) is 30.3 Å². The standard InChI is InChI=1S/C19H17N5S/c1-2-5-14(6-3-1)16-11-18(23-12-22-16)20-9-8-15-19(24-13-21-15)17-7-4-10-25-17/h1-7,10-13H,8-9H2,(H,21,24)(H,20,22,23). The highest BCUT2D eigenvalue weighted by Crippen LogP contribution is 2.25. The number of benzene rings is 1. The fourth-order valence-electron chi connectivity index (χ4n) is 2.67. The molecule has 5 nitrogen and oxygen atoms in total. The molecular formula is C19H17N5S. The average Bonchev–Trinajstić information content (AvgIpc) is 3.34. The van der Waals surface area contributed by atoms with Crippen molar-refractivity contribution in [1.29, 1.82) is 0 Å². The summed E-state index contributed by atoms with van der Waals surface area (Å²) in [7, 11) is 0. The molecule has 0 fully saturated rings. The lowest BCUT2D eigenvalue weighted by Crippen LogP contribution is -2.07. The first-order valence-corrected chi connectivity index (χ1v) is 8.95. The van der Waals surface area contributed by atoms with E-state index in [4.69, 9.17) is 0 Å². The predicted octanol–water partition coefficient (Wildman–Crippen LogP) is 4.25. The molecule has 3 aromatic heterocycles. The molecule has 0 spiro atoms. The van der Waals surface area contributed by atoms with Crippen molar-refractivity contribution in [3.63, 3.8) is 0 Å². The number of anilines is 1. The smallest absolute Gasteiger partial charge is 0.129 e. The van der Waals surface area contributed by atoms with E-state index >= 15 is 0 Å². The van der Waals surface area contributed by atoms with Gasteiger partial charge in [-0.1, -0.05) is 36.4 Å². The first-order chi connectivity index (χ1) is 12.4. The maximum Gasteiger partial charge on any atom is 0.129 e. The van der Waals surface area contributed by atoms with Gasteiger partial charge < -0.3 is 10.3 Å². The molecule has 6 heteroatoms. The van der Waals surface area contributed by atoms with Crippen LogP contribution < -0.4 is 5.32 Å². The van der Waals surface area contributed by atoms with Gasteiger partial charge in [0.15, 0.2) is 0 Å². The van der Waals surface area contributed by atoms with E-state index < -0.39 is 0 Å². The molecule has 0 bridgehead atoms. The highest BCUT2D eigenvalue weighted by molar-refractivity contribution is 7.13. The molecule has 0 aliphatic heterocycles. The zero-order chi connectivity index (χ0) is 16.9. The quantitative estimate of drug-likeness (QED) is 0.547. The number of rotatable bonds is 6. The number of aromatic nitrogens is 4. The van der Waals surface area contributed by atoms with E-state index in [1.54, 1.807) is 24.0 Å². The van der Waals surface area contributed by atoms with Gasteiger partial charge in [0.05, 0.1) is 16.9 Å². The Hall–Kier alpha value is -2.99. The van der Waals surface area contributed by atoms with E-state index in [0.29, 0.717) is 0 Å². The van der Waals surface area contributed by atoms with E-state index in [-0.39, 0.29) is 0 Å². The lowest BCUT2D eigenvalue weighted by atomic mass is 10.1. The second-order valence-electron chi connectivity index (χ2n) is 5.54. The summed E-state index contributed by atoms with van der Waals surface area (Å²) in [6.45, 7) is 0.770. The molecule has 1 aromatic carbocycles. The largest absolute Gasteiger partial charge is 0.370 e. The Balaban J connectivity index is 1.42. The SMILES string of the molecule is c1ccc(-c2cc(NCCc3[nH]cnc3-c3cccs3)ncn2)cc1. The highest BCUT2D eigenvalue weighted by atomic mass is 32.1. The molecule has 4 rings (SSSR count). The van der Waals surface area contributed by atoms with E-state index in [2.05, 4.69) is 36.7 Å². The van der Waals surface area contributed by atoms with E-state index in [9.17, 15) is 0 Å². The lowest BCUT2D eigenvalue weighted by Gasteiger charge is -2.07. The second kappa shape index (κ2) is 7.27. The monoisotopic (exact) mass is 347 g/mol. The van der Waals surface area contributed by atoms with E-state index in [0.717, 1.165) is 41.4 Å². The number of hydrogen-bond donors (Lipinski definition) is 2. The number of thiophene rings is 1. The minimum atomic E-state index is 0.770. The molecule has 25 heavy (non-hydrogen) atoms. The summed E-state index contributed by atoms with van der Waals surface area (Å²) in [6, 6.07) is 16.2. The van der Waals surface area contributed by atoms with Crippen LogP contribution in [0.1, 0.15) is 5.69 Å². The van der Waals surface area contributed by atoms with Gasteiger partial charge in [0.25, 0.3) is 0 Å². The molecule has 0 amide bonds. The van der Waals surface area contributed by atoms with Crippen molar-refractivity contribution in [2.24, 2.45) is 0 Å². The summed E-state index contributed by atoms with van der Waals surface area (Å²) in [5.41, 5.74) is 4.16. The lowest BCUT2D eigenvalue weighted by molar-refractivity contribution is 0.967. The van der Waals surface area contributed by atoms with Crippen LogP contribution in [0.3, 0.4) is 0 Å². The Bertz CT molecular complexity index is 931. The molecule has 0 saturated heterocycles. The molecule has 0 radical (unpaired) electrons. The summed E-state index contributed by atoms with van der Waals surface area (Å²) in [5.74, 6) is 0.825. The summed E-state index contributed by atoms with van der Waals surface area (Å²) < 4.78 is 0. The molecule has 3 heterocycles. The van der Waals surface area contributed by atoms with Gasteiger partial charge in [-0.25, -0.2) is 15.0 Å². The third-order valence-electron chi connectivity index (χ3n) is 3.89. The van der Waals surface area contributed by atoms with Crippen LogP contribution in [0.5, 0.6) is 0 Å². The first-order valence-electron chi connectivity index (χ1n) is 8.07. The van der Waals surface area contributed by atoms with Gasteiger partial charge in [0.1, 0.15) is 17.8 Å². The fraction of sp³-hybridized carbons (Fsp3) is 0.105. The van der Waals surface area contributed by atoms with Crippen LogP contribution in [0, 0.1) is 0 Å². The second-order valence-corrected chi connectivity index (χ2v) is 6.49. The van der Waals surface area contributed by atoms with Crippen LogP contribution in [0.15, 0.2) is 66.6 Å². The van der Waals surface area contributed by atoms with Gasteiger partial charge in [-0.2, -0.15) is 0 Å². The highest BCUT2D eigenvalue weighted by Gasteiger charge is 2.09. The molecule has 0 unspecified atom stereocenters. The van der Waals surface area contributed by atoms with Gasteiger partial charge in [0.2, 0.25) is 0 Å². The van der Waals surface area contributed by atoms with Crippen LogP contribution in [-0.4, -0.2) is 26.5 Å². The number of nitrogens with one attached hydrogen (secondary N) is 2. The Kier molecular flexibility index (Phi) is 4.52. The normalized spacial score (nSPS) is 10.7. The van der Waals surface area contributed by atoms with Crippen molar-refractivity contribution < 1.29 is 0 Å². The molecule has 0 atom stereocenters. The number of aromatic amines is 1. The molecular weight excluding hydrogens is 330 g/mol. The molecule has 0 aliphatic carbocycles. The van der Waals surface area contributed by atoms with Crippen molar-refractivity contribution in [2.45, 2.75) is 6.42 Å². The van der Waals surface area contributed by atoms with Gasteiger partial charge in [-0.3, -0.25) is 0 Å². The zero-order valence-corrected chi connectivity index (χ0v) is 14.3. The van der Waals surface area contributed by atoms with Crippen LogP contribution in [0.4, 0.5) is 5.82 Å². The third-order valence-corrected chi connectivity index (χ3v) is 4.77.